The summed E-state index contributed by atoms with van der Waals surface area (Å²) < 4.78 is 39.3. The normalized spacial score (nSPS) is 20.9. The van der Waals surface area contributed by atoms with Gasteiger partial charge in [-0.15, -0.1) is 0 Å². The number of nitrogens with one attached hydrogen (secondary N) is 2. The SMILES string of the molecule is C=CC(=O)NC1CN(C(=O)c2ccc3n[nH]c(C(F)(F)F)c3c2)CC12CC2. The van der Waals surface area contributed by atoms with Gasteiger partial charge in [-0.3, -0.25) is 14.7 Å². The molecule has 1 aromatic heterocycles. The van der Waals surface area contributed by atoms with Crippen LogP contribution in [0.2, 0.25) is 0 Å². The zero-order valence-corrected chi connectivity index (χ0v) is 14.3. The van der Waals surface area contributed by atoms with Crippen LogP contribution in [-0.4, -0.2) is 46.0 Å². The molecule has 1 unspecified atom stereocenters. The maximum atomic E-state index is 13.1. The van der Waals surface area contributed by atoms with E-state index in [2.05, 4.69) is 17.0 Å². The van der Waals surface area contributed by atoms with Gasteiger partial charge >= 0.3 is 6.18 Å². The molecule has 1 aliphatic heterocycles. The third kappa shape index (κ3) is 2.96. The Hall–Kier alpha value is -2.84. The molecule has 142 valence electrons. The number of aromatic nitrogens is 2. The number of hydrogen-bond acceptors (Lipinski definition) is 3. The summed E-state index contributed by atoms with van der Waals surface area (Å²) >= 11 is 0. The Labute approximate surface area is 152 Å². The Morgan fingerprint density at radius 1 is 1.37 bits per heavy atom. The molecule has 2 heterocycles. The van der Waals surface area contributed by atoms with Crippen molar-refractivity contribution in [3.05, 3.63) is 42.1 Å². The van der Waals surface area contributed by atoms with Crippen molar-refractivity contribution in [2.24, 2.45) is 5.41 Å². The fourth-order valence-corrected chi connectivity index (χ4v) is 3.76. The van der Waals surface area contributed by atoms with Crippen LogP contribution in [0.25, 0.3) is 10.9 Å². The maximum absolute atomic E-state index is 13.1. The molecule has 1 saturated heterocycles. The number of amides is 2. The molecule has 2 aliphatic rings. The standard InChI is InChI=1S/C18H17F3N4O2/c1-2-14(26)22-13-8-25(9-17(13)5-6-17)16(27)10-3-4-12-11(7-10)15(24-23-12)18(19,20)21/h2-4,7,13H,1,5-6,8-9H2,(H,22,26)(H,23,24). The van der Waals surface area contributed by atoms with Gasteiger partial charge in [0.15, 0.2) is 0 Å². The summed E-state index contributed by atoms with van der Waals surface area (Å²) in [7, 11) is 0. The van der Waals surface area contributed by atoms with E-state index in [1.807, 2.05) is 5.10 Å². The first-order valence-corrected chi connectivity index (χ1v) is 8.51. The van der Waals surface area contributed by atoms with Crippen molar-refractivity contribution < 1.29 is 22.8 Å². The molecule has 2 aromatic rings. The number of alkyl halides is 3. The molecule has 2 fully saturated rings. The number of rotatable bonds is 3. The number of aromatic amines is 1. The maximum Gasteiger partial charge on any atom is 0.433 e. The van der Waals surface area contributed by atoms with E-state index in [-0.39, 0.29) is 39.7 Å². The molecular weight excluding hydrogens is 361 g/mol. The van der Waals surface area contributed by atoms with Crippen LogP contribution in [0, 0.1) is 5.41 Å². The summed E-state index contributed by atoms with van der Waals surface area (Å²) in [5.41, 5.74) is -0.787. The van der Waals surface area contributed by atoms with Crippen molar-refractivity contribution in [1.82, 2.24) is 20.4 Å². The van der Waals surface area contributed by atoms with Crippen molar-refractivity contribution in [2.75, 3.05) is 13.1 Å². The van der Waals surface area contributed by atoms with Gasteiger partial charge in [-0.25, -0.2) is 0 Å². The van der Waals surface area contributed by atoms with Crippen LogP contribution in [0.5, 0.6) is 0 Å². The quantitative estimate of drug-likeness (QED) is 0.806. The van der Waals surface area contributed by atoms with E-state index in [1.165, 1.54) is 24.3 Å². The number of H-pyrrole nitrogens is 1. The van der Waals surface area contributed by atoms with E-state index >= 15 is 0 Å². The fourth-order valence-electron chi connectivity index (χ4n) is 3.76. The molecule has 1 aliphatic carbocycles. The van der Waals surface area contributed by atoms with Gasteiger partial charge in [0.1, 0.15) is 5.69 Å². The fraction of sp³-hybridized carbons (Fsp3) is 0.389. The van der Waals surface area contributed by atoms with E-state index in [9.17, 15) is 22.8 Å². The minimum absolute atomic E-state index is 0.134. The van der Waals surface area contributed by atoms with Crippen molar-refractivity contribution in [2.45, 2.75) is 25.1 Å². The third-order valence-electron chi connectivity index (χ3n) is 5.41. The first-order chi connectivity index (χ1) is 12.7. The van der Waals surface area contributed by atoms with Crippen LogP contribution >= 0.6 is 0 Å². The van der Waals surface area contributed by atoms with Crippen LogP contribution in [-0.2, 0) is 11.0 Å². The highest BCUT2D eigenvalue weighted by Gasteiger charge is 2.56. The van der Waals surface area contributed by atoms with Crippen LogP contribution in [0.15, 0.2) is 30.9 Å². The molecule has 0 radical (unpaired) electrons. The number of carbonyl (C=O) groups is 2. The summed E-state index contributed by atoms with van der Waals surface area (Å²) in [6, 6.07) is 3.92. The highest BCUT2D eigenvalue weighted by atomic mass is 19.4. The minimum atomic E-state index is -4.58. The lowest BCUT2D eigenvalue weighted by atomic mass is 10.0. The van der Waals surface area contributed by atoms with Gasteiger partial charge in [0.2, 0.25) is 5.91 Å². The predicted molar refractivity (Wildman–Crippen MR) is 90.8 cm³/mol. The molecular formula is C18H17F3N4O2. The smallest absolute Gasteiger partial charge is 0.347 e. The van der Waals surface area contributed by atoms with Crippen molar-refractivity contribution in [3.63, 3.8) is 0 Å². The molecule has 9 heteroatoms. The van der Waals surface area contributed by atoms with Crippen molar-refractivity contribution in [3.8, 4) is 0 Å². The summed E-state index contributed by atoms with van der Waals surface area (Å²) in [6.07, 6.45) is -1.59. The number of carbonyl (C=O) groups excluding carboxylic acids is 2. The Morgan fingerprint density at radius 2 is 2.11 bits per heavy atom. The summed E-state index contributed by atoms with van der Waals surface area (Å²) in [5, 5.41) is 8.36. The lowest BCUT2D eigenvalue weighted by molar-refractivity contribution is -0.140. The van der Waals surface area contributed by atoms with E-state index in [0.29, 0.717) is 13.1 Å². The summed E-state index contributed by atoms with van der Waals surface area (Å²) in [4.78, 5) is 26.1. The number of nitrogens with zero attached hydrogens (tertiary/aromatic N) is 2. The van der Waals surface area contributed by atoms with Gasteiger partial charge in [0, 0.05) is 29.5 Å². The van der Waals surface area contributed by atoms with Crippen molar-refractivity contribution in [1.29, 1.82) is 0 Å². The van der Waals surface area contributed by atoms with Crippen LogP contribution in [0.1, 0.15) is 28.9 Å². The predicted octanol–water partition coefficient (Wildman–Crippen LogP) is 2.49. The first-order valence-electron chi connectivity index (χ1n) is 8.51. The third-order valence-corrected chi connectivity index (χ3v) is 5.41. The Balaban J connectivity index is 1.60. The van der Waals surface area contributed by atoms with E-state index < -0.39 is 11.9 Å². The zero-order valence-electron chi connectivity index (χ0n) is 14.3. The summed E-state index contributed by atoms with van der Waals surface area (Å²) in [6.45, 7) is 4.23. The second kappa shape index (κ2) is 5.83. The second-order valence-electron chi connectivity index (χ2n) is 7.14. The molecule has 2 amide bonds. The molecule has 1 spiro atoms. The van der Waals surface area contributed by atoms with Gasteiger partial charge in [-0.1, -0.05) is 6.58 Å². The average Bonchev–Trinajstić information content (AvgIpc) is 3.12. The van der Waals surface area contributed by atoms with Crippen LogP contribution in [0.4, 0.5) is 13.2 Å². The van der Waals surface area contributed by atoms with Crippen molar-refractivity contribution >= 4 is 22.7 Å². The topological polar surface area (TPSA) is 78.1 Å². The van der Waals surface area contributed by atoms with Gasteiger partial charge in [-0.05, 0) is 37.1 Å². The summed E-state index contributed by atoms with van der Waals surface area (Å²) in [5.74, 6) is -0.650. The molecule has 2 N–H and O–H groups in total. The Kier molecular flexibility index (Phi) is 3.79. The molecule has 1 aromatic carbocycles. The van der Waals surface area contributed by atoms with E-state index in [0.717, 1.165) is 12.8 Å². The second-order valence-corrected chi connectivity index (χ2v) is 7.14. The van der Waals surface area contributed by atoms with Gasteiger partial charge in [0.25, 0.3) is 5.91 Å². The Morgan fingerprint density at radius 3 is 2.74 bits per heavy atom. The number of hydrogen-bond donors (Lipinski definition) is 2. The highest BCUT2D eigenvalue weighted by Crippen LogP contribution is 2.53. The van der Waals surface area contributed by atoms with Gasteiger partial charge in [0.05, 0.1) is 11.6 Å². The number of halogens is 3. The number of benzene rings is 1. The van der Waals surface area contributed by atoms with Crippen LogP contribution < -0.4 is 5.32 Å². The lowest BCUT2D eigenvalue weighted by Gasteiger charge is -2.17. The van der Waals surface area contributed by atoms with Gasteiger partial charge < -0.3 is 10.2 Å². The van der Waals surface area contributed by atoms with E-state index in [1.54, 1.807) is 4.90 Å². The zero-order chi connectivity index (χ0) is 19.4. The monoisotopic (exact) mass is 378 g/mol. The molecule has 4 rings (SSSR count). The largest absolute Gasteiger partial charge is 0.433 e. The minimum Gasteiger partial charge on any atom is -0.347 e. The lowest BCUT2D eigenvalue weighted by Crippen LogP contribution is -2.41. The number of likely N-dealkylation sites (tertiary alicyclic amines) is 1. The molecule has 6 nitrogen and oxygen atoms in total. The van der Waals surface area contributed by atoms with E-state index in [4.69, 9.17) is 0 Å². The molecule has 1 atom stereocenters. The molecule has 27 heavy (non-hydrogen) atoms. The molecule has 0 bridgehead atoms. The first kappa shape index (κ1) is 17.6. The number of fused-ring (bicyclic) bond motifs is 1. The average molecular weight is 378 g/mol. The Bertz CT molecular complexity index is 946. The molecule has 1 saturated carbocycles. The van der Waals surface area contributed by atoms with Crippen LogP contribution in [0.3, 0.4) is 0 Å². The highest BCUT2D eigenvalue weighted by molar-refractivity contribution is 5.99. The van der Waals surface area contributed by atoms with Gasteiger partial charge in [-0.2, -0.15) is 18.3 Å².